The summed E-state index contributed by atoms with van der Waals surface area (Å²) in [6, 6.07) is 12.1. The largest absolute Gasteiger partial charge is 0.399 e. The van der Waals surface area contributed by atoms with Gasteiger partial charge in [-0.05, 0) is 61.0 Å². The van der Waals surface area contributed by atoms with Crippen molar-refractivity contribution in [1.29, 1.82) is 0 Å². The van der Waals surface area contributed by atoms with Crippen LogP contribution >= 0.6 is 36.2 Å². The molecule has 2 aromatic rings. The Kier molecular flexibility index (Phi) is 10.2. The molecule has 4 nitrogen and oxygen atoms in total. The van der Waals surface area contributed by atoms with Gasteiger partial charge in [0, 0.05) is 17.1 Å². The van der Waals surface area contributed by atoms with E-state index in [1.165, 1.54) is 17.7 Å². The van der Waals surface area contributed by atoms with Crippen LogP contribution in [0.2, 0.25) is 0 Å². The van der Waals surface area contributed by atoms with Crippen LogP contribution in [0.25, 0.3) is 0 Å². The Hall–Kier alpha value is -1.27. The first kappa shape index (κ1) is 23.8. The number of amides is 1. The van der Waals surface area contributed by atoms with Crippen molar-refractivity contribution in [2.45, 2.75) is 32.2 Å². The molecule has 1 amide bonds. The number of carbonyl (C=O) groups is 1. The molecule has 1 aliphatic heterocycles. The number of piperidine rings is 1. The fourth-order valence-corrected chi connectivity index (χ4v) is 4.19. The van der Waals surface area contributed by atoms with Crippen molar-refractivity contribution >= 4 is 47.7 Å². The average Bonchev–Trinajstić information content (AvgIpc) is 3.13. The van der Waals surface area contributed by atoms with Gasteiger partial charge in [0.05, 0.1) is 12.5 Å². The molecule has 150 valence electrons. The summed E-state index contributed by atoms with van der Waals surface area (Å²) in [5.41, 5.74) is 7.41. The van der Waals surface area contributed by atoms with Gasteiger partial charge < -0.3 is 11.1 Å². The number of hydrogen-bond donors (Lipinski definition) is 2. The van der Waals surface area contributed by atoms with Crippen LogP contribution < -0.4 is 11.1 Å². The number of nitrogens with two attached hydrogens (primary N) is 1. The van der Waals surface area contributed by atoms with Crippen LogP contribution in [0.3, 0.4) is 0 Å². The van der Waals surface area contributed by atoms with Crippen LogP contribution in [-0.4, -0.2) is 30.4 Å². The molecule has 1 fully saturated rings. The molecule has 0 radical (unpaired) electrons. The van der Waals surface area contributed by atoms with E-state index < -0.39 is 0 Å². The van der Waals surface area contributed by atoms with Crippen LogP contribution in [0.1, 0.15) is 36.2 Å². The summed E-state index contributed by atoms with van der Waals surface area (Å²) >= 11 is 1.78. The quantitative estimate of drug-likeness (QED) is 0.672. The molecule has 27 heavy (non-hydrogen) atoms. The summed E-state index contributed by atoms with van der Waals surface area (Å²) in [6.07, 6.45) is 2.87. The average molecular weight is 430 g/mol. The fraction of sp³-hybridized carbons (Fsp3) is 0.450. The molecule has 1 unspecified atom stereocenters. The van der Waals surface area contributed by atoms with Gasteiger partial charge in [-0.2, -0.15) is 0 Å². The van der Waals surface area contributed by atoms with E-state index >= 15 is 0 Å². The van der Waals surface area contributed by atoms with Crippen LogP contribution in [0.5, 0.6) is 0 Å². The third-order valence-corrected chi connectivity index (χ3v) is 5.94. The summed E-state index contributed by atoms with van der Waals surface area (Å²) in [6.45, 7) is 5.21. The smallest absolute Gasteiger partial charge is 0.224 e. The van der Waals surface area contributed by atoms with Crippen LogP contribution in [0, 0.1) is 5.92 Å². The zero-order chi connectivity index (χ0) is 17.6. The zero-order valence-electron chi connectivity index (χ0n) is 15.6. The van der Waals surface area contributed by atoms with Gasteiger partial charge in [0.15, 0.2) is 0 Å². The third-order valence-electron chi connectivity index (χ3n) is 4.97. The molecule has 0 bridgehead atoms. The number of anilines is 1. The van der Waals surface area contributed by atoms with Gasteiger partial charge >= 0.3 is 0 Å². The summed E-state index contributed by atoms with van der Waals surface area (Å²) in [4.78, 5) is 16.2. The van der Waals surface area contributed by atoms with Crippen LogP contribution in [0.4, 0.5) is 5.69 Å². The minimum atomic E-state index is 0. The number of likely N-dealkylation sites (tertiary alicyclic amines) is 1. The SMILES string of the molecule is CC1CCN(C(CNC(=O)Cc2ccc(N)cc2)c2cccs2)CC1.Cl.Cl. The van der Waals surface area contributed by atoms with Crippen molar-refractivity contribution in [2.75, 3.05) is 25.4 Å². The van der Waals surface area contributed by atoms with Crippen molar-refractivity contribution in [3.05, 3.63) is 52.2 Å². The van der Waals surface area contributed by atoms with Gasteiger partial charge in [-0.3, -0.25) is 9.69 Å². The molecule has 1 aromatic carbocycles. The monoisotopic (exact) mass is 429 g/mol. The molecule has 3 N–H and O–H groups in total. The first-order valence-corrected chi connectivity index (χ1v) is 9.88. The Morgan fingerprint density at radius 1 is 1.22 bits per heavy atom. The summed E-state index contributed by atoms with van der Waals surface area (Å²) in [7, 11) is 0. The zero-order valence-corrected chi connectivity index (χ0v) is 18.0. The highest BCUT2D eigenvalue weighted by Crippen LogP contribution is 2.29. The van der Waals surface area contributed by atoms with E-state index in [9.17, 15) is 4.79 Å². The predicted octanol–water partition coefficient (Wildman–Crippen LogP) is 4.31. The molecular formula is C20H29Cl2N3OS. The number of halogens is 2. The van der Waals surface area contributed by atoms with Gasteiger partial charge in [-0.15, -0.1) is 36.2 Å². The molecule has 0 aliphatic carbocycles. The molecule has 0 saturated carbocycles. The van der Waals surface area contributed by atoms with Gasteiger partial charge in [0.1, 0.15) is 0 Å². The number of nitrogens with zero attached hydrogens (tertiary/aromatic N) is 1. The van der Waals surface area contributed by atoms with E-state index in [1.807, 2.05) is 24.3 Å². The van der Waals surface area contributed by atoms with Crippen molar-refractivity contribution in [1.82, 2.24) is 10.2 Å². The second-order valence-electron chi connectivity index (χ2n) is 6.97. The Morgan fingerprint density at radius 3 is 2.48 bits per heavy atom. The van der Waals surface area contributed by atoms with Gasteiger partial charge in [-0.25, -0.2) is 0 Å². The number of thiophene rings is 1. The Labute approximate surface area is 178 Å². The first-order valence-electron chi connectivity index (χ1n) is 9.00. The molecule has 0 spiro atoms. The second kappa shape index (κ2) is 11.5. The van der Waals surface area contributed by atoms with E-state index in [0.717, 1.165) is 30.3 Å². The lowest BCUT2D eigenvalue weighted by molar-refractivity contribution is -0.120. The third kappa shape index (κ3) is 7.00. The normalized spacial score (nSPS) is 16.0. The minimum absolute atomic E-state index is 0. The maximum absolute atomic E-state index is 12.3. The highest BCUT2D eigenvalue weighted by atomic mass is 35.5. The molecule has 1 aliphatic rings. The summed E-state index contributed by atoms with van der Waals surface area (Å²) in [5, 5.41) is 5.25. The number of carbonyl (C=O) groups excluding carboxylic acids is 1. The number of rotatable bonds is 6. The molecular weight excluding hydrogens is 401 g/mol. The Bertz CT molecular complexity index is 671. The van der Waals surface area contributed by atoms with E-state index in [4.69, 9.17) is 5.73 Å². The maximum atomic E-state index is 12.3. The molecule has 1 atom stereocenters. The lowest BCUT2D eigenvalue weighted by Gasteiger charge is -2.36. The molecule has 2 heterocycles. The predicted molar refractivity (Wildman–Crippen MR) is 119 cm³/mol. The van der Waals surface area contributed by atoms with E-state index in [1.54, 1.807) is 11.3 Å². The van der Waals surface area contributed by atoms with Gasteiger partial charge in [0.2, 0.25) is 5.91 Å². The Morgan fingerprint density at radius 2 is 1.89 bits per heavy atom. The highest BCUT2D eigenvalue weighted by molar-refractivity contribution is 7.10. The van der Waals surface area contributed by atoms with Crippen LogP contribution in [-0.2, 0) is 11.2 Å². The molecule has 3 rings (SSSR count). The Balaban J connectivity index is 0.00000182. The van der Waals surface area contributed by atoms with Gasteiger partial charge in [0.25, 0.3) is 0 Å². The second-order valence-corrected chi connectivity index (χ2v) is 7.95. The van der Waals surface area contributed by atoms with Crippen molar-refractivity contribution in [3.8, 4) is 0 Å². The maximum Gasteiger partial charge on any atom is 0.224 e. The van der Waals surface area contributed by atoms with Crippen molar-refractivity contribution in [3.63, 3.8) is 0 Å². The van der Waals surface area contributed by atoms with E-state index in [2.05, 4.69) is 34.7 Å². The first-order chi connectivity index (χ1) is 12.1. The number of nitrogen functional groups attached to an aromatic ring is 1. The van der Waals surface area contributed by atoms with E-state index in [-0.39, 0.29) is 36.8 Å². The molecule has 1 aromatic heterocycles. The summed E-state index contributed by atoms with van der Waals surface area (Å²) < 4.78 is 0. The standard InChI is InChI=1S/C20H27N3OS.2ClH/c1-15-8-10-23(11-9-15)18(19-3-2-12-25-19)14-22-20(24)13-16-4-6-17(21)7-5-16;;/h2-7,12,15,18H,8-11,13-14,21H2,1H3,(H,22,24);2*1H. The summed E-state index contributed by atoms with van der Waals surface area (Å²) in [5.74, 6) is 0.872. The highest BCUT2D eigenvalue weighted by Gasteiger charge is 2.25. The lowest BCUT2D eigenvalue weighted by Crippen LogP contribution is -2.41. The van der Waals surface area contributed by atoms with Crippen molar-refractivity contribution in [2.24, 2.45) is 5.92 Å². The van der Waals surface area contributed by atoms with Crippen molar-refractivity contribution < 1.29 is 4.79 Å². The number of benzene rings is 1. The molecule has 7 heteroatoms. The topological polar surface area (TPSA) is 58.4 Å². The number of nitrogens with one attached hydrogen (secondary N) is 1. The van der Waals surface area contributed by atoms with Crippen LogP contribution in [0.15, 0.2) is 41.8 Å². The number of hydrogen-bond acceptors (Lipinski definition) is 4. The van der Waals surface area contributed by atoms with Gasteiger partial charge in [-0.1, -0.05) is 25.1 Å². The van der Waals surface area contributed by atoms with E-state index in [0.29, 0.717) is 13.0 Å². The lowest BCUT2D eigenvalue weighted by atomic mass is 9.97. The molecule has 1 saturated heterocycles. The fourth-order valence-electron chi connectivity index (χ4n) is 3.32. The minimum Gasteiger partial charge on any atom is -0.399 e.